The van der Waals surface area contributed by atoms with Gasteiger partial charge in [-0.05, 0) is 47.9 Å². The maximum Gasteiger partial charge on any atom is 0.324 e. The molecule has 11 heteroatoms. The van der Waals surface area contributed by atoms with E-state index < -0.39 is 22.0 Å². The van der Waals surface area contributed by atoms with Crippen LogP contribution in [-0.4, -0.2) is 70.9 Å². The van der Waals surface area contributed by atoms with Crippen molar-refractivity contribution in [3.8, 4) is 5.75 Å². The molecule has 35 heavy (non-hydrogen) atoms. The number of nitrogens with zero attached hydrogens (tertiary/aromatic N) is 2. The standard InChI is InChI=1S/C24H40N4O6S/c1-16(13-24(3,4)17(2)34-27-23(25-5)26-6)15-33-20-10-9-18-12-21(22(29)32-7)28(35(8,30)31)14-19(18)11-20/h9-11,16-17,21H,12-15H2,1-8H3,(H2,25,26,27). The largest absolute Gasteiger partial charge is 0.493 e. The van der Waals surface area contributed by atoms with Crippen molar-refractivity contribution in [2.75, 3.05) is 34.1 Å². The summed E-state index contributed by atoms with van der Waals surface area (Å²) in [6.45, 7) is 9.04. The van der Waals surface area contributed by atoms with Gasteiger partial charge in [-0.2, -0.15) is 4.31 Å². The molecule has 0 bridgehead atoms. The highest BCUT2D eigenvalue weighted by Crippen LogP contribution is 2.32. The van der Waals surface area contributed by atoms with Gasteiger partial charge in [0.2, 0.25) is 16.0 Å². The summed E-state index contributed by atoms with van der Waals surface area (Å²) in [5.41, 5.74) is 4.46. The number of ether oxygens (including phenoxy) is 2. The van der Waals surface area contributed by atoms with Crippen LogP contribution in [0.1, 0.15) is 45.2 Å². The van der Waals surface area contributed by atoms with E-state index in [1.54, 1.807) is 14.1 Å². The first-order chi connectivity index (χ1) is 16.3. The number of guanidine groups is 1. The Morgan fingerprint density at radius 3 is 2.54 bits per heavy atom. The van der Waals surface area contributed by atoms with E-state index in [2.05, 4.69) is 36.6 Å². The van der Waals surface area contributed by atoms with Crippen LogP contribution in [0.25, 0.3) is 0 Å². The first-order valence-electron chi connectivity index (χ1n) is 11.7. The summed E-state index contributed by atoms with van der Waals surface area (Å²) >= 11 is 0. The number of hydroxylamine groups is 1. The molecule has 1 aromatic carbocycles. The Hall–Kier alpha value is -2.37. The number of hydrogen-bond donors (Lipinski definition) is 2. The molecule has 1 heterocycles. The molecule has 1 aliphatic rings. The lowest BCUT2D eigenvalue weighted by Crippen LogP contribution is -2.48. The van der Waals surface area contributed by atoms with E-state index in [-0.39, 0.29) is 30.4 Å². The smallest absolute Gasteiger partial charge is 0.324 e. The lowest BCUT2D eigenvalue weighted by molar-refractivity contribution is -0.145. The number of methoxy groups -OCH3 is 1. The zero-order valence-electron chi connectivity index (χ0n) is 22.0. The Bertz CT molecular complexity index is 1010. The monoisotopic (exact) mass is 512 g/mol. The Morgan fingerprint density at radius 2 is 1.97 bits per heavy atom. The van der Waals surface area contributed by atoms with Gasteiger partial charge in [0.15, 0.2) is 0 Å². The second-order valence-corrected chi connectivity index (χ2v) is 11.7. The van der Waals surface area contributed by atoms with Crippen LogP contribution in [0.3, 0.4) is 0 Å². The predicted molar refractivity (Wildman–Crippen MR) is 135 cm³/mol. The number of rotatable bonds is 10. The topological polar surface area (TPSA) is 119 Å². The zero-order chi connectivity index (χ0) is 26.4. The lowest BCUT2D eigenvalue weighted by Gasteiger charge is -2.34. The molecule has 3 unspecified atom stereocenters. The molecule has 2 rings (SSSR count). The van der Waals surface area contributed by atoms with Gasteiger partial charge in [-0.1, -0.05) is 26.8 Å². The van der Waals surface area contributed by atoms with Gasteiger partial charge in [-0.15, -0.1) is 0 Å². The SMILES string of the molecule is CN=C(NC)NOC(C)C(C)(C)CC(C)COc1ccc2c(c1)CN(S(C)(=O)=O)C(C(=O)OC)C2. The quantitative estimate of drug-likeness (QED) is 0.212. The van der Waals surface area contributed by atoms with Crippen molar-refractivity contribution < 1.29 is 27.5 Å². The van der Waals surface area contributed by atoms with Crippen molar-refractivity contribution >= 4 is 22.0 Å². The second kappa shape index (κ2) is 12.0. The normalized spacial score (nSPS) is 18.9. The number of fused-ring (bicyclic) bond motifs is 1. The van der Waals surface area contributed by atoms with E-state index in [4.69, 9.17) is 14.3 Å². The third-order valence-corrected chi connectivity index (χ3v) is 7.70. The molecule has 0 spiro atoms. The molecule has 10 nitrogen and oxygen atoms in total. The van der Waals surface area contributed by atoms with Crippen molar-refractivity contribution in [1.29, 1.82) is 0 Å². The minimum Gasteiger partial charge on any atom is -0.493 e. The summed E-state index contributed by atoms with van der Waals surface area (Å²) in [6.07, 6.45) is 2.15. The number of benzene rings is 1. The van der Waals surface area contributed by atoms with E-state index in [0.29, 0.717) is 18.3 Å². The van der Waals surface area contributed by atoms with Gasteiger partial charge in [-0.25, -0.2) is 13.9 Å². The molecule has 0 saturated heterocycles. The fourth-order valence-corrected chi connectivity index (χ4v) is 5.18. The van der Waals surface area contributed by atoms with Crippen LogP contribution in [0.2, 0.25) is 0 Å². The Kier molecular flexibility index (Phi) is 9.94. The number of carbonyl (C=O) groups excluding carboxylic acids is 1. The third kappa shape index (κ3) is 7.81. The summed E-state index contributed by atoms with van der Waals surface area (Å²) < 4.78 is 36.7. The van der Waals surface area contributed by atoms with E-state index in [9.17, 15) is 13.2 Å². The van der Waals surface area contributed by atoms with Gasteiger partial charge >= 0.3 is 5.97 Å². The highest BCUT2D eigenvalue weighted by Gasteiger charge is 2.37. The molecular weight excluding hydrogens is 472 g/mol. The number of hydrogen-bond acceptors (Lipinski definition) is 7. The summed E-state index contributed by atoms with van der Waals surface area (Å²) in [4.78, 5) is 22.0. The lowest BCUT2D eigenvalue weighted by atomic mass is 9.79. The zero-order valence-corrected chi connectivity index (χ0v) is 22.9. The van der Waals surface area contributed by atoms with Crippen LogP contribution in [0, 0.1) is 11.3 Å². The summed E-state index contributed by atoms with van der Waals surface area (Å²) in [7, 11) is 1.12. The fraction of sp³-hybridized carbons (Fsp3) is 0.667. The molecule has 198 valence electrons. The van der Waals surface area contributed by atoms with E-state index in [0.717, 1.165) is 23.8 Å². The average Bonchev–Trinajstić information content (AvgIpc) is 2.80. The summed E-state index contributed by atoms with van der Waals surface area (Å²) in [6, 6.07) is 4.76. The van der Waals surface area contributed by atoms with Crippen LogP contribution in [-0.2, 0) is 37.4 Å². The van der Waals surface area contributed by atoms with Crippen molar-refractivity contribution in [1.82, 2.24) is 15.1 Å². The van der Waals surface area contributed by atoms with Gasteiger partial charge in [0.1, 0.15) is 11.8 Å². The Labute approximate surface area is 209 Å². The fourth-order valence-electron chi connectivity index (χ4n) is 4.19. The number of nitrogens with one attached hydrogen (secondary N) is 2. The molecule has 0 fully saturated rings. The van der Waals surface area contributed by atoms with Crippen LogP contribution in [0.15, 0.2) is 23.2 Å². The van der Waals surface area contributed by atoms with Gasteiger partial charge in [0.25, 0.3) is 0 Å². The molecule has 2 N–H and O–H groups in total. The van der Waals surface area contributed by atoms with Crippen LogP contribution < -0.4 is 15.5 Å². The first kappa shape index (κ1) is 28.9. The summed E-state index contributed by atoms with van der Waals surface area (Å²) in [5, 5.41) is 2.92. The first-order valence-corrected chi connectivity index (χ1v) is 13.5. The van der Waals surface area contributed by atoms with Crippen molar-refractivity contribution in [3.05, 3.63) is 29.3 Å². The maximum atomic E-state index is 12.3. The maximum absolute atomic E-state index is 12.3. The van der Waals surface area contributed by atoms with Gasteiger partial charge < -0.3 is 14.8 Å². The number of sulfonamides is 1. The molecule has 3 atom stereocenters. The molecule has 0 amide bonds. The minimum absolute atomic E-state index is 0.0801. The Balaban J connectivity index is 2.01. The summed E-state index contributed by atoms with van der Waals surface area (Å²) in [5.74, 6) is 0.910. The predicted octanol–water partition coefficient (Wildman–Crippen LogP) is 2.09. The van der Waals surface area contributed by atoms with Gasteiger partial charge in [-0.3, -0.25) is 14.6 Å². The molecule has 0 radical (unpaired) electrons. The van der Waals surface area contributed by atoms with Crippen LogP contribution in [0.4, 0.5) is 0 Å². The van der Waals surface area contributed by atoms with Crippen LogP contribution >= 0.6 is 0 Å². The van der Waals surface area contributed by atoms with Crippen molar-refractivity contribution in [3.63, 3.8) is 0 Å². The molecule has 1 aromatic rings. The van der Waals surface area contributed by atoms with Crippen LogP contribution in [0.5, 0.6) is 5.75 Å². The average molecular weight is 513 g/mol. The van der Waals surface area contributed by atoms with E-state index >= 15 is 0 Å². The molecule has 0 aliphatic carbocycles. The van der Waals surface area contributed by atoms with Gasteiger partial charge in [0.05, 0.1) is 26.1 Å². The minimum atomic E-state index is -3.59. The molecule has 0 aromatic heterocycles. The number of esters is 1. The number of carbonyl (C=O) groups is 1. The van der Waals surface area contributed by atoms with Crippen molar-refractivity contribution in [2.24, 2.45) is 16.3 Å². The van der Waals surface area contributed by atoms with E-state index in [1.807, 2.05) is 25.1 Å². The molecular formula is C24H40N4O6S. The second-order valence-electron chi connectivity index (χ2n) is 9.78. The van der Waals surface area contributed by atoms with Gasteiger partial charge in [0, 0.05) is 27.1 Å². The highest BCUT2D eigenvalue weighted by molar-refractivity contribution is 7.88. The third-order valence-electron chi connectivity index (χ3n) is 6.47. The Morgan fingerprint density at radius 1 is 1.29 bits per heavy atom. The van der Waals surface area contributed by atoms with Crippen molar-refractivity contribution in [2.45, 2.75) is 59.2 Å². The van der Waals surface area contributed by atoms with E-state index in [1.165, 1.54) is 11.4 Å². The molecule has 0 saturated carbocycles. The number of aliphatic imine (C=N–C) groups is 1. The molecule has 1 aliphatic heterocycles. The highest BCUT2D eigenvalue weighted by atomic mass is 32.2.